The maximum absolute atomic E-state index is 8.12. The molecule has 0 aliphatic heterocycles. The van der Waals surface area contributed by atoms with Crippen LogP contribution >= 0.6 is 0 Å². The average molecular weight is 190 g/mol. The lowest BCUT2D eigenvalue weighted by atomic mass is 10.3. The van der Waals surface area contributed by atoms with Crippen molar-refractivity contribution in [2.75, 3.05) is 5.73 Å². The summed E-state index contributed by atoms with van der Waals surface area (Å²) in [6.07, 6.45) is 0. The number of azide groups is 1. The third-order valence-electron chi connectivity index (χ3n) is 1.72. The van der Waals surface area contributed by atoms with Crippen LogP contribution in [-0.4, -0.2) is 10.1 Å². The van der Waals surface area contributed by atoms with Gasteiger partial charge in [-0.25, -0.2) is 4.98 Å². The molecule has 0 fully saturated rings. The van der Waals surface area contributed by atoms with E-state index in [2.05, 4.69) is 20.2 Å². The third kappa shape index (κ3) is 1.32. The molecule has 2 heterocycles. The zero-order chi connectivity index (χ0) is 9.97. The van der Waals surface area contributed by atoms with Crippen LogP contribution in [0.1, 0.15) is 5.69 Å². The standard InChI is InChI=1S/C7H6N6O/c8-6-5-2-1-4(3-10-13-9)11-7(5)14-12-6/h1-2H,3H2,(H2,8,12). The molecule has 2 rings (SSSR count). The van der Waals surface area contributed by atoms with E-state index in [9.17, 15) is 0 Å². The lowest BCUT2D eigenvalue weighted by molar-refractivity contribution is 0.452. The molecule has 2 aromatic heterocycles. The molecule has 0 amide bonds. The van der Waals surface area contributed by atoms with Gasteiger partial charge in [0.05, 0.1) is 17.6 Å². The fraction of sp³-hybridized carbons (Fsp3) is 0.143. The summed E-state index contributed by atoms with van der Waals surface area (Å²) in [6.45, 7) is 0.188. The van der Waals surface area contributed by atoms with E-state index in [-0.39, 0.29) is 6.54 Å². The minimum Gasteiger partial charge on any atom is -0.380 e. The number of rotatable bonds is 2. The van der Waals surface area contributed by atoms with E-state index in [1.807, 2.05) is 0 Å². The first-order chi connectivity index (χ1) is 6.81. The first-order valence-corrected chi connectivity index (χ1v) is 3.83. The number of pyridine rings is 1. The second kappa shape index (κ2) is 3.23. The quantitative estimate of drug-likeness (QED) is 0.440. The molecule has 0 bridgehead atoms. The summed E-state index contributed by atoms with van der Waals surface area (Å²) >= 11 is 0. The Morgan fingerprint density at radius 3 is 3.21 bits per heavy atom. The summed E-state index contributed by atoms with van der Waals surface area (Å²) < 4.78 is 4.85. The molecule has 0 radical (unpaired) electrons. The number of hydrogen-bond donors (Lipinski definition) is 1. The van der Waals surface area contributed by atoms with Gasteiger partial charge in [0.2, 0.25) is 0 Å². The van der Waals surface area contributed by atoms with Crippen molar-refractivity contribution in [3.8, 4) is 0 Å². The van der Waals surface area contributed by atoms with Crippen LogP contribution in [-0.2, 0) is 6.54 Å². The number of aromatic nitrogens is 2. The van der Waals surface area contributed by atoms with Crippen LogP contribution in [0.3, 0.4) is 0 Å². The van der Waals surface area contributed by atoms with Gasteiger partial charge in [-0.1, -0.05) is 10.3 Å². The van der Waals surface area contributed by atoms with Gasteiger partial charge >= 0.3 is 0 Å². The predicted octanol–water partition coefficient (Wildman–Crippen LogP) is 1.62. The van der Waals surface area contributed by atoms with Crippen molar-refractivity contribution in [1.82, 2.24) is 10.1 Å². The Hall–Kier alpha value is -2.27. The summed E-state index contributed by atoms with van der Waals surface area (Å²) in [5, 5.41) is 7.60. The molecule has 7 nitrogen and oxygen atoms in total. The fourth-order valence-corrected chi connectivity index (χ4v) is 1.08. The van der Waals surface area contributed by atoms with Gasteiger partial charge in [0, 0.05) is 4.91 Å². The Kier molecular flexibility index (Phi) is 1.92. The second-order valence-corrected chi connectivity index (χ2v) is 2.61. The van der Waals surface area contributed by atoms with Crippen LogP contribution < -0.4 is 5.73 Å². The van der Waals surface area contributed by atoms with Crippen LogP contribution in [0.5, 0.6) is 0 Å². The smallest absolute Gasteiger partial charge is 0.260 e. The van der Waals surface area contributed by atoms with Crippen LogP contribution in [0.25, 0.3) is 21.5 Å². The molecule has 0 unspecified atom stereocenters. The number of nitrogen functional groups attached to an aromatic ring is 1. The zero-order valence-corrected chi connectivity index (χ0v) is 7.08. The Bertz CT molecular complexity index is 512. The van der Waals surface area contributed by atoms with Crippen molar-refractivity contribution >= 4 is 16.9 Å². The molecule has 7 heteroatoms. The van der Waals surface area contributed by atoms with Crippen molar-refractivity contribution in [1.29, 1.82) is 0 Å². The molecule has 0 aliphatic carbocycles. The topological polar surface area (TPSA) is 114 Å². The Morgan fingerprint density at radius 1 is 1.57 bits per heavy atom. The summed E-state index contributed by atoms with van der Waals surface area (Å²) in [5.74, 6) is 0.308. The average Bonchev–Trinajstić information content (AvgIpc) is 2.57. The molecular weight excluding hydrogens is 184 g/mol. The first-order valence-electron chi connectivity index (χ1n) is 3.83. The minimum absolute atomic E-state index is 0.188. The van der Waals surface area contributed by atoms with Crippen LogP contribution in [0.15, 0.2) is 21.8 Å². The van der Waals surface area contributed by atoms with Gasteiger partial charge in [0.15, 0.2) is 5.82 Å². The number of nitrogens with zero attached hydrogens (tertiary/aromatic N) is 5. The normalized spacial score (nSPS) is 10.0. The summed E-state index contributed by atoms with van der Waals surface area (Å²) in [6, 6.07) is 3.45. The number of nitrogens with two attached hydrogens (primary N) is 1. The second-order valence-electron chi connectivity index (χ2n) is 2.61. The summed E-state index contributed by atoms with van der Waals surface area (Å²) in [7, 11) is 0. The Balaban J connectivity index is 2.46. The minimum atomic E-state index is 0.188. The molecule has 0 aliphatic rings. The molecule has 0 aromatic carbocycles. The summed E-state index contributed by atoms with van der Waals surface area (Å²) in [4.78, 5) is 6.69. The molecule has 2 N–H and O–H groups in total. The maximum atomic E-state index is 8.12. The van der Waals surface area contributed by atoms with Crippen molar-refractivity contribution < 1.29 is 4.52 Å². The van der Waals surface area contributed by atoms with E-state index in [0.717, 1.165) is 0 Å². The molecule has 2 aromatic rings. The highest BCUT2D eigenvalue weighted by Gasteiger charge is 2.05. The van der Waals surface area contributed by atoms with Gasteiger partial charge in [-0.2, -0.15) is 0 Å². The van der Waals surface area contributed by atoms with E-state index in [1.54, 1.807) is 12.1 Å². The van der Waals surface area contributed by atoms with Crippen LogP contribution in [0.2, 0.25) is 0 Å². The van der Waals surface area contributed by atoms with Gasteiger partial charge < -0.3 is 10.3 Å². The van der Waals surface area contributed by atoms with Crippen molar-refractivity contribution in [2.45, 2.75) is 6.54 Å². The maximum Gasteiger partial charge on any atom is 0.260 e. The van der Waals surface area contributed by atoms with E-state index >= 15 is 0 Å². The highest BCUT2D eigenvalue weighted by molar-refractivity contribution is 5.83. The lowest BCUT2D eigenvalue weighted by Gasteiger charge is -1.92. The number of fused-ring (bicyclic) bond motifs is 1. The summed E-state index contributed by atoms with van der Waals surface area (Å²) in [5.41, 5.74) is 14.6. The molecule has 70 valence electrons. The molecule has 0 saturated carbocycles. The van der Waals surface area contributed by atoms with Gasteiger partial charge in [0.1, 0.15) is 0 Å². The highest BCUT2D eigenvalue weighted by atomic mass is 16.5. The number of hydrogen-bond acceptors (Lipinski definition) is 5. The van der Waals surface area contributed by atoms with Crippen molar-refractivity contribution in [3.05, 3.63) is 28.3 Å². The number of anilines is 1. The third-order valence-corrected chi connectivity index (χ3v) is 1.72. The van der Waals surface area contributed by atoms with E-state index in [4.69, 9.17) is 15.8 Å². The van der Waals surface area contributed by atoms with E-state index in [0.29, 0.717) is 22.6 Å². The Labute approximate surface area is 78.1 Å². The van der Waals surface area contributed by atoms with E-state index < -0.39 is 0 Å². The van der Waals surface area contributed by atoms with E-state index in [1.165, 1.54) is 0 Å². The largest absolute Gasteiger partial charge is 0.380 e. The van der Waals surface area contributed by atoms with Crippen LogP contribution in [0.4, 0.5) is 5.82 Å². The van der Waals surface area contributed by atoms with Crippen molar-refractivity contribution in [2.24, 2.45) is 5.11 Å². The van der Waals surface area contributed by atoms with Gasteiger partial charge in [0.25, 0.3) is 5.71 Å². The zero-order valence-electron chi connectivity index (χ0n) is 7.08. The Morgan fingerprint density at radius 2 is 2.43 bits per heavy atom. The lowest BCUT2D eigenvalue weighted by Crippen LogP contribution is -1.87. The molecule has 14 heavy (non-hydrogen) atoms. The first kappa shape index (κ1) is 8.33. The van der Waals surface area contributed by atoms with Gasteiger partial charge in [-0.15, -0.1) is 0 Å². The predicted molar refractivity (Wildman–Crippen MR) is 49.1 cm³/mol. The highest BCUT2D eigenvalue weighted by Crippen LogP contribution is 2.18. The molecule has 0 spiro atoms. The SMILES string of the molecule is [N-]=[N+]=NCc1ccc2c(N)noc2n1. The van der Waals surface area contributed by atoms with Gasteiger partial charge in [-0.3, -0.25) is 0 Å². The molecule has 0 saturated heterocycles. The van der Waals surface area contributed by atoms with Crippen LogP contribution in [0, 0.1) is 0 Å². The molecular formula is C7H6N6O. The van der Waals surface area contributed by atoms with Gasteiger partial charge in [-0.05, 0) is 17.7 Å². The molecule has 0 atom stereocenters. The monoisotopic (exact) mass is 190 g/mol. The van der Waals surface area contributed by atoms with Crippen molar-refractivity contribution in [3.63, 3.8) is 0 Å². The fourth-order valence-electron chi connectivity index (χ4n) is 1.08.